The highest BCUT2D eigenvalue weighted by molar-refractivity contribution is 7.73. The Hall–Kier alpha value is -1.93. The van der Waals surface area contributed by atoms with Gasteiger partial charge in [0.1, 0.15) is 0 Å². The van der Waals surface area contributed by atoms with Gasteiger partial charge in [0.25, 0.3) is 5.97 Å². The van der Waals surface area contributed by atoms with Crippen molar-refractivity contribution in [3.05, 3.63) is 91.0 Å². The van der Waals surface area contributed by atoms with Gasteiger partial charge in [-0.25, -0.2) is 0 Å². The second-order valence-electron chi connectivity index (χ2n) is 9.37. The number of hydrogen-bond donors (Lipinski definition) is 0. The molecule has 1 heterocycles. The van der Waals surface area contributed by atoms with Gasteiger partial charge in [-0.05, 0) is 39.8 Å². The largest absolute Gasteiger partial charge is 0.510 e. The zero-order valence-corrected chi connectivity index (χ0v) is 26.9. The average Bonchev–Trinajstić information content (AvgIpc) is 2.96. The maximum Gasteiger partial charge on any atom is 0.510 e. The van der Waals surface area contributed by atoms with Crippen LogP contribution in [0.25, 0.3) is 0 Å². The van der Waals surface area contributed by atoms with Crippen LogP contribution in [0, 0.1) is 0 Å². The molecule has 210 valence electrons. The van der Waals surface area contributed by atoms with Crippen molar-refractivity contribution in [1.82, 2.24) is 0 Å². The van der Waals surface area contributed by atoms with Crippen molar-refractivity contribution in [2.45, 2.75) is 46.6 Å². The van der Waals surface area contributed by atoms with Crippen molar-refractivity contribution in [2.75, 3.05) is 33.0 Å². The maximum absolute atomic E-state index is 7.33. The van der Waals surface area contributed by atoms with Crippen LogP contribution in [0.5, 0.6) is 0 Å². The number of hydrogen-bond acceptors (Lipinski definition) is 6. The van der Waals surface area contributed by atoms with Gasteiger partial charge < -0.3 is 27.2 Å². The van der Waals surface area contributed by atoms with Gasteiger partial charge in [-0.1, -0.05) is 101 Å². The fraction of sp³-hybridized carbons (Fsp3) is 0.400. The van der Waals surface area contributed by atoms with Crippen LogP contribution in [0.3, 0.4) is 0 Å². The first kappa shape index (κ1) is 30.0. The Labute approximate surface area is 236 Å². The SMILES string of the molecule is CCOC1(OCC)C[Si](c2ccccc2)(c2ccccc2)[Si](OCC)(c2ccccc2)[Si](OCC)(OCC)O1. The van der Waals surface area contributed by atoms with E-state index in [1.165, 1.54) is 10.4 Å². The van der Waals surface area contributed by atoms with E-state index < -0.39 is 29.2 Å². The molecule has 3 aromatic rings. The van der Waals surface area contributed by atoms with Gasteiger partial charge >= 0.3 is 15.7 Å². The molecule has 6 nitrogen and oxygen atoms in total. The van der Waals surface area contributed by atoms with Gasteiger partial charge in [-0.2, -0.15) is 0 Å². The highest BCUT2D eigenvalue weighted by atomic mass is 29.7. The Morgan fingerprint density at radius 1 is 0.564 bits per heavy atom. The molecule has 0 N–H and O–H groups in total. The molecule has 39 heavy (non-hydrogen) atoms. The molecule has 1 aliphatic heterocycles. The summed E-state index contributed by atoms with van der Waals surface area (Å²) in [6.45, 7) is 12.2. The lowest BCUT2D eigenvalue weighted by Crippen LogP contribution is -2.97. The number of ether oxygens (including phenoxy) is 2. The normalized spacial score (nSPS) is 21.5. The van der Waals surface area contributed by atoms with Crippen LogP contribution < -0.4 is 15.6 Å². The second kappa shape index (κ2) is 13.2. The van der Waals surface area contributed by atoms with Crippen molar-refractivity contribution in [2.24, 2.45) is 0 Å². The van der Waals surface area contributed by atoms with E-state index in [9.17, 15) is 0 Å². The molecule has 1 atom stereocenters. The van der Waals surface area contributed by atoms with Crippen molar-refractivity contribution >= 4 is 38.8 Å². The summed E-state index contributed by atoms with van der Waals surface area (Å²) in [5, 5.41) is 3.61. The van der Waals surface area contributed by atoms with Crippen LogP contribution in [0.1, 0.15) is 34.6 Å². The minimum atomic E-state index is -3.71. The van der Waals surface area contributed by atoms with Crippen LogP contribution in [-0.4, -0.2) is 62.3 Å². The van der Waals surface area contributed by atoms with E-state index in [0.29, 0.717) is 39.1 Å². The minimum absolute atomic E-state index is 0.420. The molecule has 4 rings (SSSR count). The number of rotatable bonds is 13. The number of benzene rings is 3. The van der Waals surface area contributed by atoms with Crippen LogP contribution in [0.2, 0.25) is 6.04 Å². The van der Waals surface area contributed by atoms with Gasteiger partial charge in [-0.15, -0.1) is 0 Å². The summed E-state index contributed by atoms with van der Waals surface area (Å²) in [6.07, 6.45) is 0. The molecule has 1 aliphatic rings. The summed E-state index contributed by atoms with van der Waals surface area (Å²) in [6, 6.07) is 32.7. The maximum atomic E-state index is 7.33. The predicted octanol–water partition coefficient (Wildman–Crippen LogP) is 4.06. The second-order valence-corrected chi connectivity index (χ2v) is 26.9. The highest BCUT2D eigenvalue weighted by Gasteiger charge is 2.83. The van der Waals surface area contributed by atoms with Crippen LogP contribution >= 0.6 is 0 Å². The lowest BCUT2D eigenvalue weighted by atomic mass is 10.4. The van der Waals surface area contributed by atoms with E-state index >= 15 is 0 Å². The Morgan fingerprint density at radius 3 is 1.36 bits per heavy atom. The van der Waals surface area contributed by atoms with Crippen molar-refractivity contribution in [3.63, 3.8) is 0 Å². The van der Waals surface area contributed by atoms with Gasteiger partial charge in [0.15, 0.2) is 7.59 Å². The molecule has 0 amide bonds. The van der Waals surface area contributed by atoms with Crippen molar-refractivity contribution in [1.29, 1.82) is 0 Å². The summed E-state index contributed by atoms with van der Waals surface area (Å²) >= 11 is 0. The smallest absolute Gasteiger partial charge is 0.409 e. The average molecular weight is 583 g/mol. The highest BCUT2D eigenvalue weighted by Crippen LogP contribution is 2.46. The van der Waals surface area contributed by atoms with E-state index in [1.807, 2.05) is 33.8 Å². The molecular weight excluding hydrogens is 541 g/mol. The van der Waals surface area contributed by atoms with Gasteiger partial charge in [0.05, 0.1) is 0 Å². The molecule has 0 bridgehead atoms. The summed E-state index contributed by atoms with van der Waals surface area (Å²) in [4.78, 5) is 0. The van der Waals surface area contributed by atoms with Crippen LogP contribution in [0.15, 0.2) is 91.0 Å². The zero-order chi connectivity index (χ0) is 27.8. The molecule has 9 heteroatoms. The van der Waals surface area contributed by atoms with Crippen molar-refractivity contribution in [3.8, 4) is 0 Å². The predicted molar refractivity (Wildman–Crippen MR) is 162 cm³/mol. The Balaban J connectivity index is 2.26. The third kappa shape index (κ3) is 5.16. The quantitative estimate of drug-likeness (QED) is 0.224. The molecule has 1 saturated heterocycles. The molecule has 1 fully saturated rings. The van der Waals surface area contributed by atoms with E-state index in [1.54, 1.807) is 0 Å². The molecule has 0 spiro atoms. The summed E-state index contributed by atoms with van der Waals surface area (Å²) in [7, 11) is -10.1. The summed E-state index contributed by atoms with van der Waals surface area (Å²) < 4.78 is 41.3. The molecule has 0 radical (unpaired) electrons. The van der Waals surface area contributed by atoms with E-state index in [2.05, 4.69) is 91.9 Å². The Bertz CT molecular complexity index is 1100. The zero-order valence-electron chi connectivity index (χ0n) is 23.9. The fourth-order valence-electron chi connectivity index (χ4n) is 6.18. The molecule has 3 aromatic carbocycles. The van der Waals surface area contributed by atoms with Crippen molar-refractivity contribution < 1.29 is 27.2 Å². The lowest BCUT2D eigenvalue weighted by molar-refractivity contribution is -0.344. The van der Waals surface area contributed by atoms with Gasteiger partial charge in [0, 0.05) is 39.1 Å². The van der Waals surface area contributed by atoms with Crippen LogP contribution in [0.4, 0.5) is 0 Å². The standard InChI is InChI=1S/C30H42O6Si3/c1-6-31-30(32-7-2)26-37(27-20-14-11-15-21-27,28-22-16-12-17-23-28)38(33-8-3,29-24-18-13-19-25-29)39(36-30,34-9-4)35-10-5/h11-25H,6-10,26H2,1-5H3. The lowest BCUT2D eigenvalue weighted by Gasteiger charge is -2.60. The first-order chi connectivity index (χ1) is 19.0. The summed E-state index contributed by atoms with van der Waals surface area (Å²) in [5.74, 6) is -1.33. The monoisotopic (exact) mass is 582 g/mol. The molecule has 0 saturated carbocycles. The Morgan fingerprint density at radius 2 is 0.974 bits per heavy atom. The van der Waals surface area contributed by atoms with E-state index in [4.69, 9.17) is 27.2 Å². The van der Waals surface area contributed by atoms with Crippen LogP contribution in [-0.2, 0) is 27.2 Å². The first-order valence-electron chi connectivity index (χ1n) is 14.1. The third-order valence-electron chi connectivity index (χ3n) is 7.28. The summed E-state index contributed by atoms with van der Waals surface area (Å²) in [5.41, 5.74) is 0. The molecule has 0 aromatic heterocycles. The Kier molecular flexibility index (Phi) is 10.1. The van der Waals surface area contributed by atoms with Gasteiger partial charge in [0.2, 0.25) is 0 Å². The molecular formula is C30H42O6Si3. The van der Waals surface area contributed by atoms with Gasteiger partial charge in [-0.3, -0.25) is 0 Å². The molecule has 0 aliphatic carbocycles. The minimum Gasteiger partial charge on any atom is -0.409 e. The van der Waals surface area contributed by atoms with E-state index in [0.717, 1.165) is 5.19 Å². The van der Waals surface area contributed by atoms with E-state index in [-0.39, 0.29) is 0 Å². The molecule has 1 unspecified atom stereocenters. The first-order valence-corrected chi connectivity index (χ1v) is 21.9. The topological polar surface area (TPSA) is 55.4 Å². The third-order valence-corrected chi connectivity index (χ3v) is 35.5. The fourth-order valence-corrected chi connectivity index (χ4v) is 40.7.